The summed E-state index contributed by atoms with van der Waals surface area (Å²) in [6, 6.07) is -0.0164. The zero-order valence-electron chi connectivity index (χ0n) is 21.1. The number of aliphatic hydroxyl groups is 2. The maximum atomic E-state index is 9.23. The summed E-state index contributed by atoms with van der Waals surface area (Å²) in [4.78, 5) is 0. The van der Waals surface area contributed by atoms with Crippen LogP contribution in [0.5, 0.6) is 0 Å². The standard InChI is InChI=1S/C28H57NO2/c1-2-3-4-5-6-7-8-9-10-11-12-13-14-15-16-17-18-19-20-21-22-23-24-28(27-31)29-25-26-30/h23-24,28-31H,2-22,25-27H2,1H3/b24-23+. The van der Waals surface area contributed by atoms with Crippen molar-refractivity contribution in [2.75, 3.05) is 19.8 Å². The molecule has 0 aromatic carbocycles. The van der Waals surface area contributed by atoms with Crippen molar-refractivity contribution in [1.82, 2.24) is 5.32 Å². The van der Waals surface area contributed by atoms with Crippen LogP contribution in [-0.4, -0.2) is 36.0 Å². The molecule has 0 amide bonds. The number of unbranched alkanes of at least 4 members (excludes halogenated alkanes) is 20. The van der Waals surface area contributed by atoms with Gasteiger partial charge in [0.15, 0.2) is 0 Å². The number of aliphatic hydroxyl groups excluding tert-OH is 2. The van der Waals surface area contributed by atoms with Crippen molar-refractivity contribution in [3.05, 3.63) is 12.2 Å². The fraction of sp³-hybridized carbons (Fsp3) is 0.929. The van der Waals surface area contributed by atoms with Gasteiger partial charge in [0.25, 0.3) is 0 Å². The Morgan fingerprint density at radius 3 is 1.32 bits per heavy atom. The number of rotatable bonds is 26. The fourth-order valence-electron chi connectivity index (χ4n) is 4.22. The third kappa shape index (κ3) is 25.8. The molecule has 0 bridgehead atoms. The van der Waals surface area contributed by atoms with Gasteiger partial charge in [0, 0.05) is 12.6 Å². The molecule has 0 aliphatic heterocycles. The number of hydrogen-bond acceptors (Lipinski definition) is 3. The molecule has 1 atom stereocenters. The van der Waals surface area contributed by atoms with E-state index in [4.69, 9.17) is 5.11 Å². The second-order valence-corrected chi connectivity index (χ2v) is 9.40. The first-order chi connectivity index (χ1) is 15.3. The van der Waals surface area contributed by atoms with Gasteiger partial charge in [0.1, 0.15) is 0 Å². The normalized spacial score (nSPS) is 12.7. The summed E-state index contributed by atoms with van der Waals surface area (Å²) in [6.45, 7) is 3.04. The zero-order valence-corrected chi connectivity index (χ0v) is 21.1. The van der Waals surface area contributed by atoms with Gasteiger partial charge in [-0.25, -0.2) is 0 Å². The summed E-state index contributed by atoms with van der Waals surface area (Å²) in [5.74, 6) is 0. The van der Waals surface area contributed by atoms with Crippen LogP contribution in [0.15, 0.2) is 12.2 Å². The third-order valence-electron chi connectivity index (χ3n) is 6.31. The van der Waals surface area contributed by atoms with Gasteiger partial charge in [0.2, 0.25) is 0 Å². The molecule has 0 radical (unpaired) electrons. The molecule has 0 aliphatic carbocycles. The van der Waals surface area contributed by atoms with Crippen molar-refractivity contribution in [2.24, 2.45) is 0 Å². The summed E-state index contributed by atoms with van der Waals surface area (Å²) < 4.78 is 0. The lowest BCUT2D eigenvalue weighted by molar-refractivity contribution is 0.244. The maximum Gasteiger partial charge on any atom is 0.0620 e. The van der Waals surface area contributed by atoms with Crippen molar-refractivity contribution in [2.45, 2.75) is 148 Å². The summed E-state index contributed by atoms with van der Waals surface area (Å²) in [5.41, 5.74) is 0. The Morgan fingerprint density at radius 2 is 0.968 bits per heavy atom. The van der Waals surface area contributed by atoms with Gasteiger partial charge >= 0.3 is 0 Å². The quantitative estimate of drug-likeness (QED) is 0.0956. The summed E-state index contributed by atoms with van der Waals surface area (Å²) in [6.07, 6.45) is 33.7. The number of hydrogen-bond donors (Lipinski definition) is 3. The molecule has 0 saturated heterocycles. The topological polar surface area (TPSA) is 52.5 Å². The Kier molecular flexibility index (Phi) is 27.3. The van der Waals surface area contributed by atoms with E-state index in [1.54, 1.807) is 0 Å². The molecule has 0 spiro atoms. The minimum Gasteiger partial charge on any atom is -0.395 e. The first kappa shape index (κ1) is 30.6. The summed E-state index contributed by atoms with van der Waals surface area (Å²) in [7, 11) is 0. The maximum absolute atomic E-state index is 9.23. The van der Waals surface area contributed by atoms with Gasteiger partial charge in [-0.1, -0.05) is 141 Å². The summed E-state index contributed by atoms with van der Waals surface area (Å²) in [5, 5.41) is 21.1. The highest BCUT2D eigenvalue weighted by Crippen LogP contribution is 2.15. The van der Waals surface area contributed by atoms with E-state index >= 15 is 0 Å². The Hall–Kier alpha value is -0.380. The fourth-order valence-corrected chi connectivity index (χ4v) is 4.22. The van der Waals surface area contributed by atoms with Crippen LogP contribution in [0.25, 0.3) is 0 Å². The van der Waals surface area contributed by atoms with Crippen LogP contribution in [-0.2, 0) is 0 Å². The first-order valence-corrected chi connectivity index (χ1v) is 14.0. The predicted octanol–water partition coefficient (Wildman–Crippen LogP) is 7.70. The molecule has 0 heterocycles. The predicted molar refractivity (Wildman–Crippen MR) is 138 cm³/mol. The average Bonchev–Trinajstić information content (AvgIpc) is 2.79. The molecule has 0 aromatic rings. The van der Waals surface area contributed by atoms with Crippen LogP contribution >= 0.6 is 0 Å². The van der Waals surface area contributed by atoms with Crippen molar-refractivity contribution >= 4 is 0 Å². The second-order valence-electron chi connectivity index (χ2n) is 9.40. The third-order valence-corrected chi connectivity index (χ3v) is 6.31. The molecule has 3 N–H and O–H groups in total. The van der Waals surface area contributed by atoms with Crippen LogP contribution in [0, 0.1) is 0 Å². The monoisotopic (exact) mass is 439 g/mol. The Balaban J connectivity index is 3.15. The molecule has 0 fully saturated rings. The Bertz CT molecular complexity index is 346. The van der Waals surface area contributed by atoms with Crippen LogP contribution < -0.4 is 5.32 Å². The van der Waals surface area contributed by atoms with Gasteiger partial charge in [-0.3, -0.25) is 0 Å². The van der Waals surface area contributed by atoms with E-state index in [2.05, 4.69) is 18.3 Å². The van der Waals surface area contributed by atoms with Gasteiger partial charge < -0.3 is 15.5 Å². The molecule has 3 nitrogen and oxygen atoms in total. The number of allylic oxidation sites excluding steroid dienone is 1. The van der Waals surface area contributed by atoms with Crippen LogP contribution in [0.3, 0.4) is 0 Å². The highest BCUT2D eigenvalue weighted by molar-refractivity contribution is 4.92. The van der Waals surface area contributed by atoms with Crippen molar-refractivity contribution in [3.8, 4) is 0 Å². The molecular formula is C28H57NO2. The minimum absolute atomic E-state index is 0.0164. The average molecular weight is 440 g/mol. The summed E-state index contributed by atoms with van der Waals surface area (Å²) >= 11 is 0. The Morgan fingerprint density at radius 1 is 0.581 bits per heavy atom. The molecule has 0 aliphatic rings. The highest BCUT2D eigenvalue weighted by Gasteiger charge is 2.00. The SMILES string of the molecule is CCCCCCCCCCCCCCCCCCCCCC/C=C/C(CO)NCCO. The van der Waals surface area contributed by atoms with E-state index in [1.807, 2.05) is 6.08 Å². The molecule has 0 saturated carbocycles. The van der Waals surface area contributed by atoms with E-state index in [0.717, 1.165) is 6.42 Å². The molecule has 186 valence electrons. The zero-order chi connectivity index (χ0) is 22.7. The van der Waals surface area contributed by atoms with Crippen LogP contribution in [0.4, 0.5) is 0 Å². The van der Waals surface area contributed by atoms with Gasteiger partial charge in [-0.2, -0.15) is 0 Å². The lowest BCUT2D eigenvalue weighted by Crippen LogP contribution is -2.32. The van der Waals surface area contributed by atoms with Crippen molar-refractivity contribution in [3.63, 3.8) is 0 Å². The van der Waals surface area contributed by atoms with Gasteiger partial charge in [-0.05, 0) is 12.8 Å². The van der Waals surface area contributed by atoms with Crippen molar-refractivity contribution in [1.29, 1.82) is 0 Å². The van der Waals surface area contributed by atoms with E-state index in [9.17, 15) is 5.11 Å². The molecule has 0 aromatic heterocycles. The van der Waals surface area contributed by atoms with Gasteiger partial charge in [0.05, 0.1) is 13.2 Å². The smallest absolute Gasteiger partial charge is 0.0620 e. The largest absolute Gasteiger partial charge is 0.395 e. The molecule has 1 unspecified atom stereocenters. The highest BCUT2D eigenvalue weighted by atomic mass is 16.3. The first-order valence-electron chi connectivity index (χ1n) is 14.0. The Labute approximate surface area is 195 Å². The van der Waals surface area contributed by atoms with Crippen LogP contribution in [0.2, 0.25) is 0 Å². The number of nitrogens with one attached hydrogen (secondary N) is 1. The molecule has 31 heavy (non-hydrogen) atoms. The molecular weight excluding hydrogens is 382 g/mol. The lowest BCUT2D eigenvalue weighted by Gasteiger charge is -2.10. The molecule has 0 rings (SSSR count). The minimum atomic E-state index is -0.0164. The van der Waals surface area contributed by atoms with Crippen LogP contribution in [0.1, 0.15) is 142 Å². The van der Waals surface area contributed by atoms with Crippen molar-refractivity contribution < 1.29 is 10.2 Å². The molecule has 3 heteroatoms. The van der Waals surface area contributed by atoms with E-state index < -0.39 is 0 Å². The van der Waals surface area contributed by atoms with E-state index in [1.165, 1.54) is 128 Å². The van der Waals surface area contributed by atoms with E-state index in [0.29, 0.717) is 6.54 Å². The van der Waals surface area contributed by atoms with Gasteiger partial charge in [-0.15, -0.1) is 0 Å². The van der Waals surface area contributed by atoms with E-state index in [-0.39, 0.29) is 19.3 Å². The second kappa shape index (κ2) is 27.7. The lowest BCUT2D eigenvalue weighted by atomic mass is 10.0.